The van der Waals surface area contributed by atoms with E-state index in [0.717, 1.165) is 21.6 Å². The number of benzene rings is 2. The molecule has 18 heteroatoms. The third kappa shape index (κ3) is 7.21. The number of anilines is 2. The van der Waals surface area contributed by atoms with E-state index in [2.05, 4.69) is 41.0 Å². The molecule has 0 bridgehead atoms. The first kappa shape index (κ1) is 33.6. The number of halogens is 3. The van der Waals surface area contributed by atoms with Crippen molar-refractivity contribution in [3.63, 3.8) is 0 Å². The molecule has 4 aromatic heterocycles. The van der Waals surface area contributed by atoms with Crippen molar-refractivity contribution >= 4 is 28.9 Å². The maximum atomic E-state index is 13.4. The Balaban J connectivity index is 1.26. The summed E-state index contributed by atoms with van der Waals surface area (Å²) in [6, 6.07) is 17.9. The number of nitrogens with zero attached hydrogens (tertiary/aromatic N) is 9. The lowest BCUT2D eigenvalue weighted by atomic mass is 9.91. The maximum absolute atomic E-state index is 13.4. The quantitative estimate of drug-likeness (QED) is 0.136. The predicted molar refractivity (Wildman–Crippen MR) is 177 cm³/mol. The first-order chi connectivity index (χ1) is 24.7. The Labute approximate surface area is 288 Å². The topological polar surface area (TPSA) is 186 Å². The van der Waals surface area contributed by atoms with Crippen molar-refractivity contribution in [2.45, 2.75) is 56.2 Å². The van der Waals surface area contributed by atoms with Gasteiger partial charge in [-0.2, -0.15) is 27.9 Å². The average molecular weight is 703 g/mol. The molecule has 0 spiro atoms. The summed E-state index contributed by atoms with van der Waals surface area (Å²) in [5.41, 5.74) is 3.59. The lowest BCUT2D eigenvalue weighted by Gasteiger charge is -2.24. The molecule has 4 N–H and O–H groups in total. The number of carbonyl (C=O) groups excluding carboxylic acids is 1. The van der Waals surface area contributed by atoms with E-state index in [1.807, 2.05) is 60.7 Å². The van der Waals surface area contributed by atoms with E-state index in [-0.39, 0.29) is 23.9 Å². The second-order valence-corrected chi connectivity index (χ2v) is 12.1. The van der Waals surface area contributed by atoms with Gasteiger partial charge >= 0.3 is 12.1 Å². The first-order valence-electron chi connectivity index (χ1n) is 16.2. The summed E-state index contributed by atoms with van der Waals surface area (Å²) >= 11 is 0. The molecule has 4 atom stereocenters. The number of aliphatic hydroxyl groups excluding tert-OH is 1. The van der Waals surface area contributed by atoms with E-state index in [0.29, 0.717) is 36.7 Å². The van der Waals surface area contributed by atoms with Crippen LogP contribution in [0.15, 0.2) is 79.5 Å². The van der Waals surface area contributed by atoms with E-state index in [4.69, 9.17) is 14.7 Å². The van der Waals surface area contributed by atoms with Crippen LogP contribution in [-0.2, 0) is 16.0 Å². The molecule has 51 heavy (non-hydrogen) atoms. The zero-order chi connectivity index (χ0) is 35.5. The number of hydrogen-bond donors (Lipinski definition) is 4. The molecular formula is C33H33F3N12O3. The molecule has 4 heterocycles. The minimum absolute atomic E-state index is 0.0301. The molecule has 1 aliphatic carbocycles. The van der Waals surface area contributed by atoms with Crippen molar-refractivity contribution in [1.29, 1.82) is 0 Å². The number of H-pyrrole nitrogens is 1. The summed E-state index contributed by atoms with van der Waals surface area (Å²) in [5, 5.41) is 29.8. The number of aryl methyl sites for hydroxylation is 1. The number of ether oxygens (including phenoxy) is 1. The Bertz CT molecular complexity index is 2030. The molecule has 1 fully saturated rings. The third-order valence-electron chi connectivity index (χ3n) is 8.78. The highest BCUT2D eigenvalue weighted by molar-refractivity contribution is 5.84. The summed E-state index contributed by atoms with van der Waals surface area (Å²) in [6.07, 6.45) is -3.35. The number of fused-ring (bicyclic) bond motifs is 1. The number of nitrogens with one attached hydrogen (secondary N) is 3. The Kier molecular flexibility index (Phi) is 9.31. The van der Waals surface area contributed by atoms with Crippen LogP contribution in [0, 0.1) is 6.92 Å². The molecule has 0 radical (unpaired) electrons. The van der Waals surface area contributed by atoms with Gasteiger partial charge in [-0.25, -0.2) is 14.8 Å². The zero-order valence-corrected chi connectivity index (χ0v) is 27.1. The number of rotatable bonds is 12. The second-order valence-electron chi connectivity index (χ2n) is 12.1. The van der Waals surface area contributed by atoms with Gasteiger partial charge < -0.3 is 30.0 Å². The largest absolute Gasteiger partial charge is 0.490 e. The van der Waals surface area contributed by atoms with Crippen LogP contribution in [-0.4, -0.2) is 92.2 Å². The van der Waals surface area contributed by atoms with Gasteiger partial charge in [-0.15, -0.1) is 10.2 Å². The van der Waals surface area contributed by atoms with E-state index >= 15 is 0 Å². The third-order valence-corrected chi connectivity index (χ3v) is 8.78. The molecule has 7 rings (SSSR count). The molecule has 15 nitrogen and oxygen atoms in total. The minimum Gasteiger partial charge on any atom is -0.451 e. The molecule has 0 saturated heterocycles. The van der Waals surface area contributed by atoms with Gasteiger partial charge in [-0.05, 0) is 29.7 Å². The van der Waals surface area contributed by atoms with Gasteiger partial charge in [-0.3, -0.25) is 0 Å². The summed E-state index contributed by atoms with van der Waals surface area (Å²) in [6.45, 7) is 2.42. The summed E-state index contributed by atoms with van der Waals surface area (Å²) in [7, 11) is 0. The van der Waals surface area contributed by atoms with Gasteiger partial charge in [0.2, 0.25) is 5.95 Å². The maximum Gasteiger partial charge on any atom is 0.490 e. The molecule has 2 aromatic carbocycles. The van der Waals surface area contributed by atoms with Gasteiger partial charge in [0.05, 0.1) is 18.7 Å². The van der Waals surface area contributed by atoms with Crippen LogP contribution in [0.4, 0.5) is 24.9 Å². The fourth-order valence-electron chi connectivity index (χ4n) is 6.34. The van der Waals surface area contributed by atoms with Crippen molar-refractivity contribution in [2.75, 3.05) is 23.7 Å². The SMILES string of the molecule is Cc1nnn([C@H]2C[C@@H](n3cnc4c(NCC(c5ccccc5)c5ccccc5)nc(NCCc5cnc[nH]5)nc43)[C@H](OC(=O)C(F)(F)F)[C@@H]2O)n1. The van der Waals surface area contributed by atoms with E-state index in [1.54, 1.807) is 19.4 Å². The molecule has 0 amide bonds. The number of aromatic amines is 1. The summed E-state index contributed by atoms with van der Waals surface area (Å²) in [4.78, 5) is 34.4. The van der Waals surface area contributed by atoms with Crippen molar-refractivity contribution < 1.29 is 27.8 Å². The lowest BCUT2D eigenvalue weighted by molar-refractivity contribution is -0.210. The molecule has 0 unspecified atom stereocenters. The van der Waals surface area contributed by atoms with Crippen LogP contribution < -0.4 is 10.6 Å². The van der Waals surface area contributed by atoms with Gasteiger partial charge in [0.15, 0.2) is 28.9 Å². The van der Waals surface area contributed by atoms with Gasteiger partial charge in [0, 0.05) is 37.3 Å². The number of carbonyl (C=O) groups is 1. The van der Waals surface area contributed by atoms with Crippen LogP contribution in [0.5, 0.6) is 0 Å². The van der Waals surface area contributed by atoms with Gasteiger partial charge in [-0.1, -0.05) is 60.7 Å². The van der Waals surface area contributed by atoms with E-state index in [9.17, 15) is 23.1 Å². The smallest absolute Gasteiger partial charge is 0.451 e. The Hall–Kier alpha value is -5.91. The number of imidazole rings is 2. The van der Waals surface area contributed by atoms with Crippen LogP contribution >= 0.6 is 0 Å². The number of esters is 1. The molecule has 1 saturated carbocycles. The fraction of sp³-hybridized carbons (Fsp3) is 0.333. The number of aliphatic hydroxyl groups is 1. The molecule has 0 aliphatic heterocycles. The average Bonchev–Trinajstić information content (AvgIpc) is 3.94. The Morgan fingerprint density at radius 2 is 1.78 bits per heavy atom. The van der Waals surface area contributed by atoms with Crippen LogP contribution in [0.3, 0.4) is 0 Å². The minimum atomic E-state index is -5.29. The highest BCUT2D eigenvalue weighted by Crippen LogP contribution is 2.42. The summed E-state index contributed by atoms with van der Waals surface area (Å²) < 4.78 is 46.8. The van der Waals surface area contributed by atoms with Crippen LogP contribution in [0.25, 0.3) is 11.2 Å². The second kappa shape index (κ2) is 14.1. The predicted octanol–water partition coefficient (Wildman–Crippen LogP) is 3.76. The fourth-order valence-corrected chi connectivity index (χ4v) is 6.34. The zero-order valence-electron chi connectivity index (χ0n) is 27.1. The van der Waals surface area contributed by atoms with Crippen LogP contribution in [0.1, 0.15) is 47.1 Å². The highest BCUT2D eigenvalue weighted by atomic mass is 19.4. The van der Waals surface area contributed by atoms with Gasteiger partial charge in [0.1, 0.15) is 12.1 Å². The number of alkyl halides is 3. The van der Waals surface area contributed by atoms with Gasteiger partial charge in [0.25, 0.3) is 0 Å². The van der Waals surface area contributed by atoms with Crippen molar-refractivity contribution in [3.05, 3.63) is 102 Å². The van der Waals surface area contributed by atoms with E-state index < -0.39 is 36.4 Å². The Morgan fingerprint density at radius 1 is 1.06 bits per heavy atom. The number of tetrazole rings is 1. The normalized spacial score (nSPS) is 19.1. The van der Waals surface area contributed by atoms with Crippen molar-refractivity contribution in [3.8, 4) is 0 Å². The van der Waals surface area contributed by atoms with Crippen molar-refractivity contribution in [2.24, 2.45) is 0 Å². The standard InChI is InChI=1S/C33H33F3N12O3/c1-19-44-46-48(45-19)24-14-25(28(27(24)49)51-31(50)33(34,35)36)47-18-41-26-29(42-32(43-30(26)47)38-13-12-22-15-37-17-40-22)39-16-23(20-8-4-2-5-9-20)21-10-6-3-7-11-21/h2-11,15,17-18,23-25,27-28,49H,12-14,16H2,1H3,(H,37,40)(H2,38,39,42,43)/t24-,25+,27+,28-/m0/s1. The number of aromatic nitrogens is 10. The molecule has 6 aromatic rings. The highest BCUT2D eigenvalue weighted by Gasteiger charge is 2.52. The monoisotopic (exact) mass is 702 g/mol. The summed E-state index contributed by atoms with van der Waals surface area (Å²) in [5.74, 6) is -1.63. The Morgan fingerprint density at radius 3 is 2.41 bits per heavy atom. The molecule has 1 aliphatic rings. The molecule has 264 valence electrons. The first-order valence-corrected chi connectivity index (χ1v) is 16.2. The molecular weight excluding hydrogens is 669 g/mol. The van der Waals surface area contributed by atoms with E-state index in [1.165, 1.54) is 10.9 Å². The van der Waals surface area contributed by atoms with Crippen molar-refractivity contribution in [1.82, 2.24) is 49.7 Å². The van der Waals surface area contributed by atoms with Crippen LogP contribution in [0.2, 0.25) is 0 Å². The lowest BCUT2D eigenvalue weighted by Crippen LogP contribution is -2.39. The number of hydrogen-bond acceptors (Lipinski definition) is 12.